The lowest BCUT2D eigenvalue weighted by Crippen LogP contribution is -1.91. The van der Waals surface area contributed by atoms with E-state index in [0.29, 0.717) is 10.8 Å². The zero-order chi connectivity index (χ0) is 13.4. The Morgan fingerprint density at radius 1 is 1.26 bits per heavy atom. The van der Waals surface area contributed by atoms with Gasteiger partial charge in [-0.1, -0.05) is 35.9 Å². The lowest BCUT2D eigenvalue weighted by molar-refractivity contribution is 0.975. The van der Waals surface area contributed by atoms with Gasteiger partial charge >= 0.3 is 0 Å². The highest BCUT2D eigenvalue weighted by Crippen LogP contribution is 2.33. The van der Waals surface area contributed by atoms with Gasteiger partial charge < -0.3 is 4.57 Å². The van der Waals surface area contributed by atoms with Crippen molar-refractivity contribution in [2.45, 2.75) is 0 Å². The van der Waals surface area contributed by atoms with E-state index in [-0.39, 0.29) is 0 Å². The predicted molar refractivity (Wildman–Crippen MR) is 77.4 cm³/mol. The van der Waals surface area contributed by atoms with Crippen molar-refractivity contribution in [2.24, 2.45) is 7.05 Å². The van der Waals surface area contributed by atoms with Gasteiger partial charge in [-0.25, -0.2) is 9.83 Å². The van der Waals surface area contributed by atoms with Crippen LogP contribution in [0.3, 0.4) is 0 Å². The van der Waals surface area contributed by atoms with Crippen LogP contribution in [0.2, 0.25) is 5.15 Å². The number of benzene rings is 1. The van der Waals surface area contributed by atoms with E-state index in [1.165, 1.54) is 0 Å². The van der Waals surface area contributed by atoms with Crippen molar-refractivity contribution < 1.29 is 0 Å². The third kappa shape index (κ3) is 1.87. The molecule has 0 aliphatic heterocycles. The van der Waals surface area contributed by atoms with Crippen LogP contribution in [0.25, 0.3) is 27.0 Å². The van der Waals surface area contributed by atoms with Crippen LogP contribution >= 0.6 is 11.6 Å². The fourth-order valence-corrected chi connectivity index (χ4v) is 2.42. The van der Waals surface area contributed by atoms with E-state index >= 15 is 0 Å². The van der Waals surface area contributed by atoms with Crippen LogP contribution in [0.15, 0.2) is 42.6 Å². The Morgan fingerprint density at radius 3 is 2.84 bits per heavy atom. The minimum Gasteiger partial charge on any atom is -0.343 e. The topological polar surface area (TPSA) is 22.2 Å². The smallest absolute Gasteiger partial charge is 0.196 e. The molecule has 2 heterocycles. The monoisotopic (exact) mass is 267 g/mol. The molecule has 3 aromatic rings. The van der Waals surface area contributed by atoms with Gasteiger partial charge in [0.2, 0.25) is 0 Å². The molecule has 0 fully saturated rings. The number of hydrogen-bond acceptors (Lipinski definition) is 1. The van der Waals surface area contributed by atoms with Crippen LogP contribution in [0.4, 0.5) is 5.69 Å². The minimum absolute atomic E-state index is 0.475. The van der Waals surface area contributed by atoms with E-state index in [0.717, 1.165) is 22.2 Å². The molecular formula is C15H10ClN3. The number of rotatable bonds is 1. The van der Waals surface area contributed by atoms with Crippen molar-refractivity contribution >= 4 is 28.2 Å². The van der Waals surface area contributed by atoms with Gasteiger partial charge in [-0.15, -0.1) is 0 Å². The predicted octanol–water partition coefficient (Wildman–Crippen LogP) is 4.44. The molecule has 0 unspecified atom stereocenters. The average Bonchev–Trinajstić information content (AvgIpc) is 2.75. The molecule has 0 saturated heterocycles. The Hall–Kier alpha value is -2.31. The molecule has 3 rings (SSSR count). The summed E-state index contributed by atoms with van der Waals surface area (Å²) < 4.78 is 2.03. The molecule has 0 radical (unpaired) electrons. The molecule has 0 amide bonds. The summed E-state index contributed by atoms with van der Waals surface area (Å²) in [5, 5.41) is 1.50. The van der Waals surface area contributed by atoms with Gasteiger partial charge in [0.15, 0.2) is 5.69 Å². The SMILES string of the molecule is [C-]#[N+]c1ccccc1-c1cc2cc(Cl)ncc2n1C. The largest absolute Gasteiger partial charge is 0.343 e. The number of aryl methyl sites for hydroxylation is 1. The van der Waals surface area contributed by atoms with E-state index in [1.807, 2.05) is 48.0 Å². The van der Waals surface area contributed by atoms with Gasteiger partial charge in [0, 0.05) is 23.7 Å². The molecule has 92 valence electrons. The molecule has 0 spiro atoms. The Kier molecular flexibility index (Phi) is 2.73. The maximum atomic E-state index is 7.26. The second-order valence-electron chi connectivity index (χ2n) is 4.28. The first kappa shape index (κ1) is 11.8. The molecule has 3 nitrogen and oxygen atoms in total. The number of pyridine rings is 1. The maximum Gasteiger partial charge on any atom is 0.196 e. The molecule has 0 atom stereocenters. The van der Waals surface area contributed by atoms with Crippen molar-refractivity contribution in [1.82, 2.24) is 9.55 Å². The maximum absolute atomic E-state index is 7.26. The summed E-state index contributed by atoms with van der Waals surface area (Å²) in [7, 11) is 1.97. The van der Waals surface area contributed by atoms with Crippen LogP contribution < -0.4 is 0 Å². The number of nitrogens with zero attached hydrogens (tertiary/aromatic N) is 3. The second-order valence-corrected chi connectivity index (χ2v) is 4.67. The van der Waals surface area contributed by atoms with Crippen molar-refractivity contribution in [3.8, 4) is 11.3 Å². The van der Waals surface area contributed by atoms with Gasteiger partial charge in [0.05, 0.1) is 18.3 Å². The molecule has 0 aliphatic carbocycles. The molecule has 1 aromatic carbocycles. The molecule has 0 aliphatic rings. The first-order valence-electron chi connectivity index (χ1n) is 5.78. The first-order chi connectivity index (χ1) is 9.20. The average molecular weight is 268 g/mol. The van der Waals surface area contributed by atoms with Crippen LogP contribution in [-0.4, -0.2) is 9.55 Å². The standard InChI is InChI=1S/C15H10ClN3/c1-17-12-6-4-3-5-11(12)13-7-10-8-15(16)18-9-14(10)19(13)2/h3-9H,2H3. The Labute approximate surface area is 115 Å². The Balaban J connectivity index is 2.32. The fraction of sp³-hybridized carbons (Fsp3) is 0.0667. The number of aromatic nitrogens is 2. The molecule has 19 heavy (non-hydrogen) atoms. The third-order valence-electron chi connectivity index (χ3n) is 3.20. The fourth-order valence-electron chi connectivity index (χ4n) is 2.25. The highest BCUT2D eigenvalue weighted by molar-refractivity contribution is 6.30. The molecular weight excluding hydrogens is 258 g/mol. The van der Waals surface area contributed by atoms with Crippen LogP contribution in [0.5, 0.6) is 0 Å². The number of halogens is 1. The summed E-state index contributed by atoms with van der Waals surface area (Å²) in [6.45, 7) is 7.26. The van der Waals surface area contributed by atoms with E-state index in [2.05, 4.69) is 9.83 Å². The molecule has 0 bridgehead atoms. The molecule has 0 saturated carbocycles. The molecule has 2 aromatic heterocycles. The summed E-state index contributed by atoms with van der Waals surface area (Å²) in [5.74, 6) is 0. The summed E-state index contributed by atoms with van der Waals surface area (Å²) in [5.41, 5.74) is 3.56. The van der Waals surface area contributed by atoms with Crippen LogP contribution in [0.1, 0.15) is 0 Å². The third-order valence-corrected chi connectivity index (χ3v) is 3.40. The summed E-state index contributed by atoms with van der Waals surface area (Å²) >= 11 is 5.92. The molecule has 0 N–H and O–H groups in total. The van der Waals surface area contributed by atoms with Gasteiger partial charge in [0.1, 0.15) is 5.15 Å². The Bertz CT molecular complexity index is 812. The zero-order valence-corrected chi connectivity index (χ0v) is 11.0. The van der Waals surface area contributed by atoms with Crippen molar-refractivity contribution in [3.05, 3.63) is 59.2 Å². The second kappa shape index (κ2) is 4.42. The highest BCUT2D eigenvalue weighted by Gasteiger charge is 2.11. The zero-order valence-electron chi connectivity index (χ0n) is 10.3. The summed E-state index contributed by atoms with van der Waals surface area (Å²) in [6.07, 6.45) is 1.75. The van der Waals surface area contributed by atoms with Crippen molar-refractivity contribution in [3.63, 3.8) is 0 Å². The number of para-hydroxylation sites is 1. The van der Waals surface area contributed by atoms with Gasteiger partial charge in [0.25, 0.3) is 0 Å². The van der Waals surface area contributed by atoms with Gasteiger partial charge in [-0.3, -0.25) is 0 Å². The normalized spacial score (nSPS) is 10.6. The first-order valence-corrected chi connectivity index (χ1v) is 6.16. The summed E-state index contributed by atoms with van der Waals surface area (Å²) in [4.78, 5) is 7.67. The van der Waals surface area contributed by atoms with E-state index in [9.17, 15) is 0 Å². The van der Waals surface area contributed by atoms with E-state index in [4.69, 9.17) is 18.2 Å². The van der Waals surface area contributed by atoms with E-state index in [1.54, 1.807) is 6.20 Å². The quantitative estimate of drug-likeness (QED) is 0.472. The summed E-state index contributed by atoms with van der Waals surface area (Å²) in [6, 6.07) is 11.5. The minimum atomic E-state index is 0.475. The van der Waals surface area contributed by atoms with Crippen LogP contribution in [-0.2, 0) is 7.05 Å². The van der Waals surface area contributed by atoms with Crippen molar-refractivity contribution in [2.75, 3.05) is 0 Å². The van der Waals surface area contributed by atoms with Gasteiger partial charge in [-0.2, -0.15) is 0 Å². The lowest BCUT2D eigenvalue weighted by atomic mass is 10.1. The van der Waals surface area contributed by atoms with Gasteiger partial charge in [-0.05, 0) is 12.1 Å². The highest BCUT2D eigenvalue weighted by atomic mass is 35.5. The number of hydrogen-bond donors (Lipinski definition) is 0. The van der Waals surface area contributed by atoms with Crippen LogP contribution in [0, 0.1) is 6.57 Å². The van der Waals surface area contributed by atoms with Crippen molar-refractivity contribution in [1.29, 1.82) is 0 Å². The lowest BCUT2D eigenvalue weighted by Gasteiger charge is -2.06. The Morgan fingerprint density at radius 2 is 2.05 bits per heavy atom. The number of fused-ring (bicyclic) bond motifs is 1. The van der Waals surface area contributed by atoms with E-state index < -0.39 is 0 Å². The molecule has 4 heteroatoms.